The highest BCUT2D eigenvalue weighted by atomic mass is 16.1. The minimum absolute atomic E-state index is 0.156. The maximum atomic E-state index is 11.5. The number of carbonyl (C=O) groups is 1. The molecular weight excluding hydrogens is 314 g/mol. The van der Waals surface area contributed by atoms with Gasteiger partial charge >= 0.3 is 0 Å². The molecule has 0 saturated carbocycles. The first-order valence-electron chi connectivity index (χ1n) is 8.60. The molecule has 3 aromatic heterocycles. The fraction of sp³-hybridized carbons (Fsp3) is 0.316. The van der Waals surface area contributed by atoms with Crippen LogP contribution in [0.3, 0.4) is 0 Å². The summed E-state index contributed by atoms with van der Waals surface area (Å²) in [6.07, 6.45) is 6.99. The first-order chi connectivity index (χ1) is 12.3. The number of fused-ring (bicyclic) bond motifs is 1. The standard InChI is InChI=1S/C19H21N5O/c25-19-5-4-16(22-19)13-23(12-15-6-9-20-10-7-15)14-18-3-1-2-17-8-11-21-24(17)18/h1-3,6-11,16H,4-5,12-14H2,(H,22,25)/t16-/m0/s1. The second-order valence-electron chi connectivity index (χ2n) is 6.51. The van der Waals surface area contributed by atoms with Gasteiger partial charge in [-0.05, 0) is 42.3 Å². The minimum atomic E-state index is 0.156. The number of nitrogens with one attached hydrogen (secondary N) is 1. The number of hydrogen-bond acceptors (Lipinski definition) is 4. The summed E-state index contributed by atoms with van der Waals surface area (Å²) in [5.41, 5.74) is 3.45. The Balaban J connectivity index is 1.55. The number of rotatable bonds is 6. The molecule has 0 unspecified atom stereocenters. The molecule has 1 amide bonds. The quantitative estimate of drug-likeness (QED) is 0.748. The molecule has 1 aliphatic rings. The first kappa shape index (κ1) is 15.8. The van der Waals surface area contributed by atoms with Gasteiger partial charge in [-0.15, -0.1) is 0 Å². The van der Waals surface area contributed by atoms with E-state index in [0.717, 1.165) is 37.3 Å². The highest BCUT2D eigenvalue weighted by Crippen LogP contribution is 2.15. The Hall–Kier alpha value is -2.73. The Morgan fingerprint density at radius 3 is 2.80 bits per heavy atom. The molecule has 1 saturated heterocycles. The van der Waals surface area contributed by atoms with E-state index < -0.39 is 0 Å². The van der Waals surface area contributed by atoms with Crippen molar-refractivity contribution in [2.24, 2.45) is 0 Å². The number of nitrogens with zero attached hydrogens (tertiary/aromatic N) is 4. The normalized spacial score (nSPS) is 17.3. The van der Waals surface area contributed by atoms with E-state index in [-0.39, 0.29) is 11.9 Å². The van der Waals surface area contributed by atoms with E-state index in [4.69, 9.17) is 0 Å². The van der Waals surface area contributed by atoms with Crippen molar-refractivity contribution >= 4 is 11.4 Å². The Kier molecular flexibility index (Phi) is 4.43. The van der Waals surface area contributed by atoms with Gasteiger partial charge in [-0.2, -0.15) is 5.10 Å². The molecule has 4 rings (SSSR count). The van der Waals surface area contributed by atoms with E-state index >= 15 is 0 Å². The number of hydrogen-bond donors (Lipinski definition) is 1. The van der Waals surface area contributed by atoms with Crippen molar-refractivity contribution < 1.29 is 4.79 Å². The molecule has 0 bridgehead atoms. The van der Waals surface area contributed by atoms with Crippen LogP contribution in [0.5, 0.6) is 0 Å². The first-order valence-corrected chi connectivity index (χ1v) is 8.60. The van der Waals surface area contributed by atoms with Crippen LogP contribution in [0.25, 0.3) is 5.52 Å². The zero-order valence-corrected chi connectivity index (χ0v) is 14.0. The Bertz CT molecular complexity index is 860. The summed E-state index contributed by atoms with van der Waals surface area (Å²) in [5, 5.41) is 7.51. The summed E-state index contributed by atoms with van der Waals surface area (Å²) >= 11 is 0. The largest absolute Gasteiger partial charge is 0.352 e. The van der Waals surface area contributed by atoms with Gasteiger partial charge in [0.05, 0.1) is 11.2 Å². The fourth-order valence-corrected chi connectivity index (χ4v) is 3.41. The van der Waals surface area contributed by atoms with Crippen LogP contribution >= 0.6 is 0 Å². The lowest BCUT2D eigenvalue weighted by molar-refractivity contribution is -0.119. The van der Waals surface area contributed by atoms with Crippen molar-refractivity contribution in [2.45, 2.75) is 32.0 Å². The highest BCUT2D eigenvalue weighted by Gasteiger charge is 2.23. The van der Waals surface area contributed by atoms with Crippen molar-refractivity contribution in [3.05, 3.63) is 66.2 Å². The summed E-state index contributed by atoms with van der Waals surface area (Å²) in [5.74, 6) is 0.156. The van der Waals surface area contributed by atoms with Crippen LogP contribution in [-0.2, 0) is 17.9 Å². The molecule has 6 nitrogen and oxygen atoms in total. The van der Waals surface area contributed by atoms with Crippen LogP contribution in [0.1, 0.15) is 24.1 Å². The van der Waals surface area contributed by atoms with Crippen molar-refractivity contribution in [3.63, 3.8) is 0 Å². The van der Waals surface area contributed by atoms with E-state index in [0.29, 0.717) is 6.42 Å². The van der Waals surface area contributed by atoms with Gasteiger partial charge in [-0.25, -0.2) is 4.52 Å². The Morgan fingerprint density at radius 2 is 2.00 bits per heavy atom. The molecule has 0 aromatic carbocycles. The third-order valence-corrected chi connectivity index (χ3v) is 4.60. The summed E-state index contributed by atoms with van der Waals surface area (Å²) in [6.45, 7) is 2.41. The van der Waals surface area contributed by atoms with Crippen molar-refractivity contribution in [1.29, 1.82) is 0 Å². The minimum Gasteiger partial charge on any atom is -0.352 e. The third-order valence-electron chi connectivity index (χ3n) is 4.60. The number of carbonyl (C=O) groups excluding carboxylic acids is 1. The maximum Gasteiger partial charge on any atom is 0.220 e. The topological polar surface area (TPSA) is 62.5 Å². The summed E-state index contributed by atoms with van der Waals surface area (Å²) in [7, 11) is 0. The van der Waals surface area contributed by atoms with Crippen LogP contribution in [0.15, 0.2) is 55.0 Å². The summed E-state index contributed by atoms with van der Waals surface area (Å²) in [4.78, 5) is 18.0. The van der Waals surface area contributed by atoms with Crippen molar-refractivity contribution in [3.8, 4) is 0 Å². The molecule has 1 fully saturated rings. The second-order valence-corrected chi connectivity index (χ2v) is 6.51. The molecule has 25 heavy (non-hydrogen) atoms. The van der Waals surface area contributed by atoms with Crippen molar-refractivity contribution in [2.75, 3.05) is 6.54 Å². The van der Waals surface area contributed by atoms with Crippen LogP contribution < -0.4 is 5.32 Å². The summed E-state index contributed by atoms with van der Waals surface area (Å²) in [6, 6.07) is 12.5. The van der Waals surface area contributed by atoms with Gasteiger partial charge in [0.2, 0.25) is 5.91 Å². The summed E-state index contributed by atoms with van der Waals surface area (Å²) < 4.78 is 1.98. The molecular formula is C19H21N5O. The predicted molar refractivity (Wildman–Crippen MR) is 94.7 cm³/mol. The van der Waals surface area contributed by atoms with Crippen molar-refractivity contribution in [1.82, 2.24) is 24.8 Å². The smallest absolute Gasteiger partial charge is 0.220 e. The molecule has 0 aliphatic carbocycles. The molecule has 128 valence electrons. The monoisotopic (exact) mass is 335 g/mol. The van der Waals surface area contributed by atoms with Gasteiger partial charge in [0.15, 0.2) is 0 Å². The number of pyridine rings is 2. The van der Waals surface area contributed by atoms with Crippen LogP contribution in [0.2, 0.25) is 0 Å². The lowest BCUT2D eigenvalue weighted by Crippen LogP contribution is -2.38. The lowest BCUT2D eigenvalue weighted by atomic mass is 10.1. The van der Waals surface area contributed by atoms with Gasteiger partial charge in [0.25, 0.3) is 0 Å². The second kappa shape index (κ2) is 7.03. The molecule has 1 atom stereocenters. The zero-order chi connectivity index (χ0) is 17.1. The Morgan fingerprint density at radius 1 is 1.12 bits per heavy atom. The molecule has 6 heteroatoms. The van der Waals surface area contributed by atoms with Gasteiger partial charge in [-0.3, -0.25) is 14.7 Å². The van der Waals surface area contributed by atoms with Gasteiger partial charge in [-0.1, -0.05) is 6.07 Å². The third kappa shape index (κ3) is 3.69. The average molecular weight is 335 g/mol. The Labute approximate surface area is 146 Å². The highest BCUT2D eigenvalue weighted by molar-refractivity contribution is 5.78. The van der Waals surface area contributed by atoms with E-state index in [2.05, 4.69) is 38.5 Å². The number of aromatic nitrogens is 3. The van der Waals surface area contributed by atoms with Crippen LogP contribution in [0, 0.1) is 0 Å². The molecule has 4 heterocycles. The van der Waals surface area contributed by atoms with Gasteiger partial charge in [0.1, 0.15) is 0 Å². The maximum absolute atomic E-state index is 11.5. The van der Waals surface area contributed by atoms with Gasteiger partial charge < -0.3 is 5.32 Å². The van der Waals surface area contributed by atoms with Gasteiger partial charge in [0, 0.05) is 50.7 Å². The predicted octanol–water partition coefficient (Wildman–Crippen LogP) is 2.01. The lowest BCUT2D eigenvalue weighted by Gasteiger charge is -2.26. The van der Waals surface area contributed by atoms with E-state index in [1.807, 2.05) is 41.3 Å². The van der Waals surface area contributed by atoms with E-state index in [1.165, 1.54) is 5.56 Å². The average Bonchev–Trinajstić information content (AvgIpc) is 3.25. The van der Waals surface area contributed by atoms with E-state index in [1.54, 1.807) is 0 Å². The molecule has 1 N–H and O–H groups in total. The molecule has 1 aliphatic heterocycles. The van der Waals surface area contributed by atoms with Crippen LogP contribution in [0.4, 0.5) is 0 Å². The molecule has 0 radical (unpaired) electrons. The molecule has 3 aromatic rings. The SMILES string of the molecule is O=C1CC[C@@H](CN(Cc2ccncc2)Cc2cccc3ccnn23)N1. The zero-order valence-electron chi connectivity index (χ0n) is 14.0. The number of amides is 1. The van der Waals surface area contributed by atoms with Crippen LogP contribution in [-0.4, -0.2) is 38.0 Å². The molecule has 0 spiro atoms. The van der Waals surface area contributed by atoms with E-state index in [9.17, 15) is 4.79 Å². The fourth-order valence-electron chi connectivity index (χ4n) is 3.41.